The van der Waals surface area contributed by atoms with Gasteiger partial charge in [-0.3, -0.25) is 0 Å². The number of hydrogen-bond acceptors (Lipinski definition) is 4. The van der Waals surface area contributed by atoms with Crippen LogP contribution < -0.4 is 11.1 Å². The van der Waals surface area contributed by atoms with Gasteiger partial charge in [0.2, 0.25) is 0 Å². The van der Waals surface area contributed by atoms with Crippen molar-refractivity contribution in [3.63, 3.8) is 0 Å². The Hall–Kier alpha value is -1.59. The molecule has 2 rings (SSSR count). The van der Waals surface area contributed by atoms with Crippen LogP contribution in [0.25, 0.3) is 0 Å². The number of aryl methyl sites for hydroxylation is 1. The van der Waals surface area contributed by atoms with Crippen LogP contribution in [0.1, 0.15) is 42.4 Å². The summed E-state index contributed by atoms with van der Waals surface area (Å²) < 4.78 is 0. The average molecular weight is 291 g/mol. The Kier molecular flexibility index (Phi) is 5.59. The van der Waals surface area contributed by atoms with Crippen LogP contribution in [0.2, 0.25) is 0 Å². The second-order valence-electron chi connectivity index (χ2n) is 5.93. The van der Waals surface area contributed by atoms with Gasteiger partial charge in [0.05, 0.1) is 6.10 Å². The number of nitrogens with one attached hydrogen (secondary N) is 1. The van der Waals surface area contributed by atoms with E-state index in [1.807, 2.05) is 25.1 Å². The summed E-state index contributed by atoms with van der Waals surface area (Å²) in [5.41, 5.74) is 8.67. The number of aliphatic hydroxyl groups excluding tert-OH is 1. The Morgan fingerprint density at radius 3 is 2.67 bits per heavy atom. The van der Waals surface area contributed by atoms with Crippen LogP contribution in [0.5, 0.6) is 0 Å². The fraction of sp³-hybridized carbons (Fsp3) is 0.562. The lowest BCUT2D eigenvalue weighted by Crippen LogP contribution is -2.28. The molecular formula is C16H25N3O2. The first-order valence-corrected chi connectivity index (χ1v) is 7.56. The molecule has 0 atom stereocenters. The number of nitrogens with zero attached hydrogens (tertiary/aromatic N) is 1. The third-order valence-corrected chi connectivity index (χ3v) is 4.31. The van der Waals surface area contributed by atoms with Crippen LogP contribution >= 0.6 is 0 Å². The molecule has 0 unspecified atom stereocenters. The Balaban J connectivity index is 1.83. The lowest BCUT2D eigenvalue weighted by molar-refractivity contribution is 0.108. The number of oxime groups is 1. The zero-order valence-electron chi connectivity index (χ0n) is 12.5. The van der Waals surface area contributed by atoms with E-state index in [1.54, 1.807) is 0 Å². The summed E-state index contributed by atoms with van der Waals surface area (Å²) in [5.74, 6) is 0.809. The number of benzene rings is 1. The molecule has 1 aliphatic rings. The number of hydrogen-bond donors (Lipinski definition) is 4. The second-order valence-corrected chi connectivity index (χ2v) is 5.93. The highest BCUT2D eigenvalue weighted by atomic mass is 16.4. The summed E-state index contributed by atoms with van der Waals surface area (Å²) in [7, 11) is 0. The zero-order chi connectivity index (χ0) is 15.2. The minimum atomic E-state index is -0.0883. The van der Waals surface area contributed by atoms with Crippen LogP contribution in [-0.4, -0.2) is 28.8 Å². The van der Waals surface area contributed by atoms with Gasteiger partial charge in [-0.05, 0) is 62.3 Å². The van der Waals surface area contributed by atoms with Crippen molar-refractivity contribution in [2.45, 2.75) is 45.3 Å². The van der Waals surface area contributed by atoms with Gasteiger partial charge in [0.1, 0.15) is 0 Å². The summed E-state index contributed by atoms with van der Waals surface area (Å²) >= 11 is 0. The summed E-state index contributed by atoms with van der Waals surface area (Å²) in [6.07, 6.45) is 3.99. The van der Waals surface area contributed by atoms with Gasteiger partial charge in [0.15, 0.2) is 5.84 Å². The number of aliphatic hydroxyl groups is 1. The maximum atomic E-state index is 9.50. The molecule has 1 fully saturated rings. The molecule has 1 aromatic carbocycles. The van der Waals surface area contributed by atoms with E-state index < -0.39 is 0 Å². The molecular weight excluding hydrogens is 266 g/mol. The van der Waals surface area contributed by atoms with E-state index in [0.717, 1.165) is 49.9 Å². The standard InChI is InChI=1S/C16H25N3O2/c1-11-8-13(16(17)19-21)4-5-14(11)10-18-9-12-2-6-15(20)7-3-12/h4-5,8,12,15,18,20-21H,2-3,6-7,9-10H2,1H3,(H2,17,19). The Morgan fingerprint density at radius 1 is 1.33 bits per heavy atom. The molecule has 5 nitrogen and oxygen atoms in total. The predicted octanol–water partition coefficient (Wildman–Crippen LogP) is 1.73. The SMILES string of the molecule is Cc1cc(/C(N)=N/O)ccc1CNCC1CCC(O)CC1. The first-order chi connectivity index (χ1) is 10.1. The molecule has 0 amide bonds. The summed E-state index contributed by atoms with van der Waals surface area (Å²) in [4.78, 5) is 0. The van der Waals surface area contributed by atoms with Gasteiger partial charge < -0.3 is 21.4 Å². The van der Waals surface area contributed by atoms with Crippen LogP contribution in [0.15, 0.2) is 23.4 Å². The molecule has 1 saturated carbocycles. The molecule has 0 aromatic heterocycles. The van der Waals surface area contributed by atoms with Crippen molar-refractivity contribution in [3.8, 4) is 0 Å². The summed E-state index contributed by atoms with van der Waals surface area (Å²) in [6, 6.07) is 5.82. The van der Waals surface area contributed by atoms with E-state index in [2.05, 4.69) is 10.5 Å². The van der Waals surface area contributed by atoms with Crippen LogP contribution in [-0.2, 0) is 6.54 Å². The zero-order valence-corrected chi connectivity index (χ0v) is 12.5. The first kappa shape index (κ1) is 15.8. The van der Waals surface area contributed by atoms with Crippen molar-refractivity contribution >= 4 is 5.84 Å². The molecule has 0 heterocycles. The van der Waals surface area contributed by atoms with Crippen molar-refractivity contribution in [1.29, 1.82) is 0 Å². The van der Waals surface area contributed by atoms with Gasteiger partial charge in [-0.15, -0.1) is 0 Å². The maximum absolute atomic E-state index is 9.50. The van der Waals surface area contributed by atoms with Crippen molar-refractivity contribution in [2.75, 3.05) is 6.54 Å². The Morgan fingerprint density at radius 2 is 2.05 bits per heavy atom. The van der Waals surface area contributed by atoms with Gasteiger partial charge in [-0.1, -0.05) is 17.3 Å². The maximum Gasteiger partial charge on any atom is 0.170 e. The molecule has 1 aliphatic carbocycles. The van der Waals surface area contributed by atoms with Gasteiger partial charge in [0, 0.05) is 12.1 Å². The highest BCUT2D eigenvalue weighted by molar-refractivity contribution is 5.97. The summed E-state index contributed by atoms with van der Waals surface area (Å²) in [6.45, 7) is 3.84. The van der Waals surface area contributed by atoms with Crippen molar-refractivity contribution in [1.82, 2.24) is 5.32 Å². The van der Waals surface area contributed by atoms with Gasteiger partial charge in [0.25, 0.3) is 0 Å². The molecule has 116 valence electrons. The van der Waals surface area contributed by atoms with E-state index in [9.17, 15) is 5.11 Å². The lowest BCUT2D eigenvalue weighted by atomic mass is 9.87. The fourth-order valence-electron chi connectivity index (χ4n) is 2.87. The second kappa shape index (κ2) is 7.43. The molecule has 21 heavy (non-hydrogen) atoms. The monoisotopic (exact) mass is 291 g/mol. The number of amidine groups is 1. The van der Waals surface area contributed by atoms with E-state index in [1.165, 1.54) is 5.56 Å². The topological polar surface area (TPSA) is 90.9 Å². The highest BCUT2D eigenvalue weighted by Crippen LogP contribution is 2.23. The molecule has 5 heteroatoms. The molecule has 0 spiro atoms. The predicted molar refractivity (Wildman–Crippen MR) is 83.4 cm³/mol. The van der Waals surface area contributed by atoms with Gasteiger partial charge in [-0.2, -0.15) is 0 Å². The minimum absolute atomic E-state index is 0.0883. The van der Waals surface area contributed by atoms with Crippen LogP contribution in [0.4, 0.5) is 0 Å². The molecule has 0 saturated heterocycles. The van der Waals surface area contributed by atoms with Crippen molar-refractivity contribution in [3.05, 3.63) is 34.9 Å². The van der Waals surface area contributed by atoms with Crippen molar-refractivity contribution < 1.29 is 10.3 Å². The molecule has 1 aromatic rings. The van der Waals surface area contributed by atoms with Crippen molar-refractivity contribution in [2.24, 2.45) is 16.8 Å². The van der Waals surface area contributed by atoms with E-state index in [4.69, 9.17) is 10.9 Å². The minimum Gasteiger partial charge on any atom is -0.409 e. The Bertz CT molecular complexity index is 494. The molecule has 0 bridgehead atoms. The third-order valence-electron chi connectivity index (χ3n) is 4.31. The fourth-order valence-corrected chi connectivity index (χ4v) is 2.87. The largest absolute Gasteiger partial charge is 0.409 e. The first-order valence-electron chi connectivity index (χ1n) is 7.56. The highest BCUT2D eigenvalue weighted by Gasteiger charge is 2.18. The average Bonchev–Trinajstić information content (AvgIpc) is 2.50. The third kappa shape index (κ3) is 4.44. The Labute approximate surface area is 125 Å². The quantitative estimate of drug-likeness (QED) is 0.288. The van der Waals surface area contributed by atoms with Crippen LogP contribution in [0, 0.1) is 12.8 Å². The smallest absolute Gasteiger partial charge is 0.170 e. The number of rotatable bonds is 5. The molecule has 0 radical (unpaired) electrons. The normalized spacial score (nSPS) is 23.2. The van der Waals surface area contributed by atoms with Crippen LogP contribution in [0.3, 0.4) is 0 Å². The number of nitrogens with two attached hydrogens (primary N) is 1. The summed E-state index contributed by atoms with van der Waals surface area (Å²) in [5, 5.41) is 24.7. The molecule has 5 N–H and O–H groups in total. The van der Waals surface area contributed by atoms with E-state index in [-0.39, 0.29) is 11.9 Å². The van der Waals surface area contributed by atoms with Gasteiger partial charge in [-0.25, -0.2) is 0 Å². The van der Waals surface area contributed by atoms with E-state index >= 15 is 0 Å². The molecule has 0 aliphatic heterocycles. The van der Waals surface area contributed by atoms with Gasteiger partial charge >= 0.3 is 0 Å². The van der Waals surface area contributed by atoms with E-state index in [0.29, 0.717) is 5.92 Å². The lowest BCUT2D eigenvalue weighted by Gasteiger charge is -2.25.